The molecule has 7 nitrogen and oxygen atoms in total. The van der Waals surface area contributed by atoms with E-state index in [9.17, 15) is 19.5 Å². The Hall–Kier alpha value is -1.90. The van der Waals surface area contributed by atoms with Crippen molar-refractivity contribution in [2.45, 2.75) is 18.2 Å². The van der Waals surface area contributed by atoms with Crippen LogP contribution < -0.4 is 0 Å². The van der Waals surface area contributed by atoms with Gasteiger partial charge in [0.25, 0.3) is 4.90 Å². The van der Waals surface area contributed by atoms with E-state index < -0.39 is 22.3 Å². The molecule has 0 saturated heterocycles. The number of carbonyl (C=O) groups is 1. The summed E-state index contributed by atoms with van der Waals surface area (Å²) in [7, 11) is 0. The van der Waals surface area contributed by atoms with Crippen molar-refractivity contribution in [3.05, 3.63) is 46.0 Å². The molecule has 2 rings (SSSR count). The summed E-state index contributed by atoms with van der Waals surface area (Å²) in [5.74, 6) is -0.438. The van der Waals surface area contributed by atoms with E-state index in [1.54, 1.807) is 19.1 Å². The van der Waals surface area contributed by atoms with Gasteiger partial charge in [-0.05, 0) is 13.3 Å². The summed E-state index contributed by atoms with van der Waals surface area (Å²) in [6.07, 6.45) is 2.30. The van der Waals surface area contributed by atoms with Crippen LogP contribution in [0.1, 0.15) is 13.3 Å². The minimum absolute atomic E-state index is 0.137. The number of nitro benzene ring substituents is 1. The third-order valence-electron chi connectivity index (χ3n) is 3.14. The summed E-state index contributed by atoms with van der Waals surface area (Å²) in [5, 5.41) is 11.0. The maximum atomic E-state index is 12.6. The Morgan fingerprint density at radius 1 is 1.45 bits per heavy atom. The van der Waals surface area contributed by atoms with Gasteiger partial charge >= 0.3 is 11.7 Å². The van der Waals surface area contributed by atoms with Crippen LogP contribution in [0.3, 0.4) is 0 Å². The first-order valence-electron chi connectivity index (χ1n) is 6.81. The van der Waals surface area contributed by atoms with E-state index >= 15 is 0 Å². The van der Waals surface area contributed by atoms with E-state index in [1.807, 2.05) is 0 Å². The molecule has 1 aliphatic rings. The second-order valence-electron chi connectivity index (χ2n) is 4.58. The van der Waals surface area contributed by atoms with Crippen LogP contribution in [-0.4, -0.2) is 39.4 Å². The zero-order valence-corrected chi connectivity index (χ0v) is 12.9. The van der Waals surface area contributed by atoms with Gasteiger partial charge in [0, 0.05) is 18.7 Å². The number of benzene rings is 1. The molecule has 22 heavy (non-hydrogen) atoms. The number of ether oxygens (including phenoxy) is 1. The van der Waals surface area contributed by atoms with Crippen LogP contribution in [0.2, 0.25) is 0 Å². The molecule has 8 heteroatoms. The third kappa shape index (κ3) is 3.65. The highest BCUT2D eigenvalue weighted by Crippen LogP contribution is 2.28. The molecule has 118 valence electrons. The maximum Gasteiger partial charge on any atom is 0.335 e. The Bertz CT molecular complexity index is 605. The van der Waals surface area contributed by atoms with Gasteiger partial charge in [0.05, 0.1) is 35.0 Å². The van der Waals surface area contributed by atoms with Crippen LogP contribution >= 0.6 is 0 Å². The van der Waals surface area contributed by atoms with E-state index in [1.165, 1.54) is 22.5 Å². The first-order valence-corrected chi connectivity index (χ1v) is 7.91. The van der Waals surface area contributed by atoms with Gasteiger partial charge in [0.2, 0.25) is 0 Å². The molecular formula is C14H16N2O5S. The summed E-state index contributed by atoms with van der Waals surface area (Å²) in [5.41, 5.74) is 0.244. The average Bonchev–Trinajstić information content (AvgIpc) is 2.54. The van der Waals surface area contributed by atoms with Crippen LogP contribution in [0.25, 0.3) is 0 Å². The average molecular weight is 324 g/mol. The fraction of sp³-hybridized carbons (Fsp3) is 0.357. The molecule has 1 aromatic rings. The number of esters is 1. The van der Waals surface area contributed by atoms with Gasteiger partial charge in [0.15, 0.2) is 0 Å². The Kier molecular flexibility index (Phi) is 5.53. The number of hydrogen-bond donors (Lipinski definition) is 0. The second kappa shape index (κ2) is 7.39. The predicted octanol–water partition coefficient (Wildman–Crippen LogP) is 1.81. The minimum atomic E-state index is -1.70. The fourth-order valence-corrected chi connectivity index (χ4v) is 3.45. The molecule has 0 fully saturated rings. The van der Waals surface area contributed by atoms with E-state index in [0.717, 1.165) is 0 Å². The van der Waals surface area contributed by atoms with E-state index in [2.05, 4.69) is 0 Å². The van der Waals surface area contributed by atoms with Gasteiger partial charge in [0.1, 0.15) is 0 Å². The molecule has 0 saturated carbocycles. The minimum Gasteiger partial charge on any atom is -0.593 e. The molecule has 0 bridgehead atoms. The van der Waals surface area contributed by atoms with Crippen LogP contribution in [0.15, 0.2) is 40.8 Å². The molecule has 0 radical (unpaired) electrons. The van der Waals surface area contributed by atoms with Gasteiger partial charge in [-0.3, -0.25) is 10.1 Å². The lowest BCUT2D eigenvalue weighted by atomic mass is 10.1. The van der Waals surface area contributed by atoms with Crippen LogP contribution in [0.4, 0.5) is 5.69 Å². The van der Waals surface area contributed by atoms with Gasteiger partial charge in [-0.25, -0.2) is 4.79 Å². The maximum absolute atomic E-state index is 12.6. The van der Waals surface area contributed by atoms with Crippen molar-refractivity contribution in [1.29, 1.82) is 0 Å². The van der Waals surface area contributed by atoms with E-state index in [4.69, 9.17) is 4.74 Å². The number of para-hydroxylation sites is 1. The number of nitro groups is 1. The largest absolute Gasteiger partial charge is 0.593 e. The van der Waals surface area contributed by atoms with Crippen molar-refractivity contribution >= 4 is 23.0 Å². The Balaban J connectivity index is 2.17. The summed E-state index contributed by atoms with van der Waals surface area (Å²) in [4.78, 5) is 22.4. The zero-order chi connectivity index (χ0) is 16.1. The molecule has 1 atom stereocenters. The normalized spacial score (nSPS) is 16.7. The lowest BCUT2D eigenvalue weighted by Crippen LogP contribution is -2.38. The predicted molar refractivity (Wildman–Crippen MR) is 80.4 cm³/mol. The van der Waals surface area contributed by atoms with Gasteiger partial charge < -0.3 is 9.29 Å². The second-order valence-corrected chi connectivity index (χ2v) is 6.03. The van der Waals surface area contributed by atoms with Crippen molar-refractivity contribution in [3.8, 4) is 0 Å². The van der Waals surface area contributed by atoms with Crippen LogP contribution in [0.5, 0.6) is 0 Å². The summed E-state index contributed by atoms with van der Waals surface area (Å²) in [6.45, 7) is 2.59. The SMILES string of the molecule is CCOC(=O)C1=CCCN([S+]([O-])c2ccccc2[N+](=O)[O-])C1. The molecule has 0 aliphatic carbocycles. The highest BCUT2D eigenvalue weighted by Gasteiger charge is 2.33. The van der Waals surface area contributed by atoms with Crippen molar-refractivity contribution in [2.75, 3.05) is 19.7 Å². The first-order chi connectivity index (χ1) is 10.5. The Morgan fingerprint density at radius 3 is 2.86 bits per heavy atom. The van der Waals surface area contributed by atoms with Crippen molar-refractivity contribution in [2.24, 2.45) is 0 Å². The summed E-state index contributed by atoms with van der Waals surface area (Å²) < 4.78 is 19.1. The molecule has 1 unspecified atom stereocenters. The van der Waals surface area contributed by atoms with Gasteiger partial charge in [-0.15, -0.1) is 4.31 Å². The quantitative estimate of drug-likeness (QED) is 0.355. The van der Waals surface area contributed by atoms with Crippen LogP contribution in [0, 0.1) is 10.1 Å². The highest BCUT2D eigenvalue weighted by atomic mass is 32.2. The zero-order valence-electron chi connectivity index (χ0n) is 12.1. The van der Waals surface area contributed by atoms with Gasteiger partial charge in [-0.2, -0.15) is 0 Å². The Morgan fingerprint density at radius 2 is 2.18 bits per heavy atom. The first kappa shape index (κ1) is 16.5. The molecule has 0 N–H and O–H groups in total. The molecule has 0 amide bonds. The topological polar surface area (TPSA) is 95.7 Å². The Labute approximate surface area is 131 Å². The highest BCUT2D eigenvalue weighted by molar-refractivity contribution is 7.89. The molecule has 1 heterocycles. The fourth-order valence-electron chi connectivity index (χ4n) is 2.12. The molecule has 0 aromatic heterocycles. The molecule has 1 aliphatic heterocycles. The van der Waals surface area contributed by atoms with Crippen molar-refractivity contribution in [3.63, 3.8) is 0 Å². The lowest BCUT2D eigenvalue weighted by Gasteiger charge is -2.26. The molecule has 1 aromatic carbocycles. The standard InChI is InChI=1S/C14H16N2O5S/c1-2-21-14(17)11-6-5-9-15(10-11)22(20)13-8-4-3-7-12(13)16(18)19/h3-4,6-8H,2,5,9-10H2,1H3. The number of rotatable bonds is 5. The van der Waals surface area contributed by atoms with Crippen molar-refractivity contribution in [1.82, 2.24) is 4.31 Å². The summed E-state index contributed by atoms with van der Waals surface area (Å²) >= 11 is -1.70. The monoisotopic (exact) mass is 324 g/mol. The van der Waals surface area contributed by atoms with Gasteiger partial charge in [-0.1, -0.05) is 18.2 Å². The third-order valence-corrected chi connectivity index (χ3v) is 4.64. The lowest BCUT2D eigenvalue weighted by molar-refractivity contribution is -0.387. The number of carbonyl (C=O) groups excluding carboxylic acids is 1. The number of hydrogen-bond acceptors (Lipinski definition) is 6. The van der Waals surface area contributed by atoms with Crippen LogP contribution in [-0.2, 0) is 20.9 Å². The van der Waals surface area contributed by atoms with E-state index in [-0.39, 0.29) is 23.7 Å². The van der Waals surface area contributed by atoms with Crippen molar-refractivity contribution < 1.29 is 19.0 Å². The summed E-state index contributed by atoms with van der Waals surface area (Å²) in [6, 6.07) is 5.92. The smallest absolute Gasteiger partial charge is 0.335 e. The number of nitrogens with zero attached hydrogens (tertiary/aromatic N) is 2. The molecular weight excluding hydrogens is 308 g/mol. The van der Waals surface area contributed by atoms with E-state index in [0.29, 0.717) is 18.5 Å². The molecule has 0 spiro atoms.